The Morgan fingerprint density at radius 1 is 1.43 bits per heavy atom. The van der Waals surface area contributed by atoms with Crippen LogP contribution in [0.25, 0.3) is 0 Å². The molecule has 0 bridgehead atoms. The van der Waals surface area contributed by atoms with Gasteiger partial charge in [-0.25, -0.2) is 5.43 Å². The summed E-state index contributed by atoms with van der Waals surface area (Å²) < 4.78 is 12.2. The summed E-state index contributed by atoms with van der Waals surface area (Å²) in [5.41, 5.74) is 4.75. The highest BCUT2D eigenvalue weighted by molar-refractivity contribution is 5.95. The van der Waals surface area contributed by atoms with E-state index in [1.807, 2.05) is 14.0 Å². The molecule has 2 aromatic rings. The van der Waals surface area contributed by atoms with E-state index in [1.165, 1.54) is 0 Å². The molecule has 1 N–H and O–H groups in total. The van der Waals surface area contributed by atoms with Crippen molar-refractivity contribution >= 4 is 12.1 Å². The first-order chi connectivity index (χ1) is 10.1. The van der Waals surface area contributed by atoms with Gasteiger partial charge in [0.2, 0.25) is 6.79 Å². The predicted octanol–water partition coefficient (Wildman–Crippen LogP) is 1.22. The van der Waals surface area contributed by atoms with E-state index in [2.05, 4.69) is 15.6 Å². The first-order valence-electron chi connectivity index (χ1n) is 6.37. The zero-order valence-corrected chi connectivity index (χ0v) is 11.7. The average molecular weight is 286 g/mol. The summed E-state index contributed by atoms with van der Waals surface area (Å²) in [6, 6.07) is 4.99. The molecule has 0 fully saturated rings. The van der Waals surface area contributed by atoms with Gasteiger partial charge in [-0.3, -0.25) is 9.48 Å². The Kier molecular flexibility index (Phi) is 3.31. The van der Waals surface area contributed by atoms with Crippen LogP contribution in [0.4, 0.5) is 0 Å². The minimum atomic E-state index is -0.314. The highest BCUT2D eigenvalue weighted by atomic mass is 16.7. The summed E-state index contributed by atoms with van der Waals surface area (Å²) in [7, 11) is 1.85. The van der Waals surface area contributed by atoms with Crippen LogP contribution in [-0.4, -0.2) is 28.7 Å². The van der Waals surface area contributed by atoms with Crippen LogP contribution < -0.4 is 14.9 Å². The van der Waals surface area contributed by atoms with Gasteiger partial charge >= 0.3 is 0 Å². The molecule has 1 aliphatic rings. The van der Waals surface area contributed by atoms with Gasteiger partial charge in [0, 0.05) is 23.9 Å². The number of nitrogens with one attached hydrogen (secondary N) is 1. The Balaban J connectivity index is 1.68. The second-order valence-electron chi connectivity index (χ2n) is 4.58. The molecule has 1 amide bonds. The summed E-state index contributed by atoms with van der Waals surface area (Å²) in [6.07, 6.45) is 3.25. The molecular formula is C14H14N4O3. The second-order valence-corrected chi connectivity index (χ2v) is 4.58. The zero-order chi connectivity index (χ0) is 14.8. The third-order valence-corrected chi connectivity index (χ3v) is 3.28. The lowest BCUT2D eigenvalue weighted by atomic mass is 10.2. The summed E-state index contributed by atoms with van der Waals surface area (Å²) in [5.74, 6) is 0.891. The molecule has 1 aromatic carbocycles. The number of carbonyl (C=O) groups is 1. The van der Waals surface area contributed by atoms with Crippen LogP contribution in [0.15, 0.2) is 29.5 Å². The lowest BCUT2D eigenvalue weighted by Crippen LogP contribution is -2.17. The smallest absolute Gasteiger partial charge is 0.271 e. The number of nitrogens with zero attached hydrogens (tertiary/aromatic N) is 3. The average Bonchev–Trinajstić information content (AvgIpc) is 3.07. The molecule has 3 rings (SSSR count). The number of rotatable bonds is 3. The summed E-state index contributed by atoms with van der Waals surface area (Å²) in [4.78, 5) is 12.0. The quantitative estimate of drug-likeness (QED) is 0.680. The van der Waals surface area contributed by atoms with E-state index in [0.717, 1.165) is 11.3 Å². The number of carbonyl (C=O) groups excluding carboxylic acids is 1. The monoisotopic (exact) mass is 286 g/mol. The second kappa shape index (κ2) is 5.28. The van der Waals surface area contributed by atoms with Crippen LogP contribution in [0.2, 0.25) is 0 Å². The molecule has 1 aliphatic heterocycles. The molecule has 0 saturated heterocycles. The van der Waals surface area contributed by atoms with Crippen molar-refractivity contribution in [3.05, 3.63) is 41.2 Å². The van der Waals surface area contributed by atoms with E-state index in [-0.39, 0.29) is 12.7 Å². The van der Waals surface area contributed by atoms with Crippen molar-refractivity contribution in [1.29, 1.82) is 0 Å². The van der Waals surface area contributed by atoms with Crippen LogP contribution in [-0.2, 0) is 7.05 Å². The van der Waals surface area contributed by atoms with Gasteiger partial charge in [0.25, 0.3) is 5.91 Å². The van der Waals surface area contributed by atoms with E-state index in [9.17, 15) is 4.79 Å². The number of fused-ring (bicyclic) bond motifs is 1. The van der Waals surface area contributed by atoms with Crippen LogP contribution in [0.5, 0.6) is 11.5 Å². The van der Waals surface area contributed by atoms with Gasteiger partial charge in [-0.1, -0.05) is 0 Å². The number of aromatic nitrogens is 2. The SMILES string of the molecule is Cc1c(/C=N\NC(=O)c2ccc3c(c2)OCO3)cnn1C. The Morgan fingerprint density at radius 3 is 3.00 bits per heavy atom. The lowest BCUT2D eigenvalue weighted by molar-refractivity contribution is 0.0954. The number of aryl methyl sites for hydroxylation is 1. The van der Waals surface area contributed by atoms with Crippen LogP contribution in [0.3, 0.4) is 0 Å². The van der Waals surface area contributed by atoms with Crippen LogP contribution >= 0.6 is 0 Å². The fourth-order valence-electron chi connectivity index (χ4n) is 1.91. The van der Waals surface area contributed by atoms with Crippen molar-refractivity contribution in [2.45, 2.75) is 6.92 Å². The fraction of sp³-hybridized carbons (Fsp3) is 0.214. The van der Waals surface area contributed by atoms with Crippen LogP contribution in [0, 0.1) is 6.92 Å². The standard InChI is InChI=1S/C14H14N4O3/c1-9-11(7-16-18(9)2)6-15-17-14(19)10-3-4-12-13(5-10)21-8-20-12/h3-7H,8H2,1-2H3,(H,17,19)/b15-6-. The molecule has 0 spiro atoms. The van der Waals surface area contributed by atoms with Crippen LogP contribution in [0.1, 0.15) is 21.6 Å². The minimum Gasteiger partial charge on any atom is -0.454 e. The Bertz CT molecular complexity index is 721. The normalized spacial score (nSPS) is 12.9. The number of ether oxygens (including phenoxy) is 2. The van der Waals surface area contributed by atoms with Gasteiger partial charge in [0.05, 0.1) is 12.4 Å². The fourth-order valence-corrected chi connectivity index (χ4v) is 1.91. The van der Waals surface area contributed by atoms with Gasteiger partial charge in [-0.2, -0.15) is 10.2 Å². The van der Waals surface area contributed by atoms with Crippen molar-refractivity contribution in [2.24, 2.45) is 12.1 Å². The van der Waals surface area contributed by atoms with Crippen molar-refractivity contribution in [3.63, 3.8) is 0 Å². The first kappa shape index (κ1) is 13.2. The van der Waals surface area contributed by atoms with Gasteiger partial charge < -0.3 is 9.47 Å². The maximum absolute atomic E-state index is 12.0. The summed E-state index contributed by atoms with van der Waals surface area (Å²) >= 11 is 0. The number of hydrazone groups is 1. The van der Waals surface area contributed by atoms with E-state index in [1.54, 1.807) is 35.3 Å². The summed E-state index contributed by atoms with van der Waals surface area (Å²) in [6.45, 7) is 2.10. The van der Waals surface area contributed by atoms with Gasteiger partial charge in [0.15, 0.2) is 11.5 Å². The molecule has 1 aromatic heterocycles. The van der Waals surface area contributed by atoms with Gasteiger partial charge in [-0.05, 0) is 25.1 Å². The lowest BCUT2D eigenvalue weighted by Gasteiger charge is -2.01. The molecular weight excluding hydrogens is 272 g/mol. The summed E-state index contributed by atoms with van der Waals surface area (Å²) in [5, 5.41) is 8.03. The molecule has 0 aliphatic carbocycles. The Labute approximate surface area is 121 Å². The highest BCUT2D eigenvalue weighted by Crippen LogP contribution is 2.32. The number of amides is 1. The van der Waals surface area contributed by atoms with E-state index < -0.39 is 0 Å². The molecule has 7 heteroatoms. The van der Waals surface area contributed by atoms with Gasteiger partial charge in [-0.15, -0.1) is 0 Å². The zero-order valence-electron chi connectivity index (χ0n) is 11.7. The molecule has 0 radical (unpaired) electrons. The highest BCUT2D eigenvalue weighted by Gasteiger charge is 2.15. The first-order valence-corrected chi connectivity index (χ1v) is 6.37. The van der Waals surface area contributed by atoms with Crippen molar-refractivity contribution < 1.29 is 14.3 Å². The number of hydrogen-bond acceptors (Lipinski definition) is 5. The Morgan fingerprint density at radius 2 is 2.24 bits per heavy atom. The maximum Gasteiger partial charge on any atom is 0.271 e. The molecule has 7 nitrogen and oxygen atoms in total. The largest absolute Gasteiger partial charge is 0.454 e. The third-order valence-electron chi connectivity index (χ3n) is 3.28. The topological polar surface area (TPSA) is 77.7 Å². The minimum absolute atomic E-state index is 0.179. The van der Waals surface area contributed by atoms with E-state index in [0.29, 0.717) is 17.1 Å². The molecule has 0 unspecified atom stereocenters. The Hall–Kier alpha value is -2.83. The molecule has 0 saturated carbocycles. The van der Waals surface area contributed by atoms with Crippen molar-refractivity contribution in [3.8, 4) is 11.5 Å². The van der Waals surface area contributed by atoms with Crippen molar-refractivity contribution in [1.82, 2.24) is 15.2 Å². The predicted molar refractivity (Wildman–Crippen MR) is 75.6 cm³/mol. The molecule has 2 heterocycles. The molecule has 0 atom stereocenters. The molecule has 21 heavy (non-hydrogen) atoms. The third kappa shape index (κ3) is 2.58. The number of benzene rings is 1. The molecule has 108 valence electrons. The van der Waals surface area contributed by atoms with E-state index in [4.69, 9.17) is 9.47 Å². The van der Waals surface area contributed by atoms with Gasteiger partial charge in [0.1, 0.15) is 0 Å². The van der Waals surface area contributed by atoms with E-state index >= 15 is 0 Å². The van der Waals surface area contributed by atoms with Crippen molar-refractivity contribution in [2.75, 3.05) is 6.79 Å². The number of hydrogen-bond donors (Lipinski definition) is 1. The maximum atomic E-state index is 12.0.